The van der Waals surface area contributed by atoms with Gasteiger partial charge in [0.2, 0.25) is 11.8 Å². The third-order valence-corrected chi connectivity index (χ3v) is 5.16. The van der Waals surface area contributed by atoms with Crippen LogP contribution < -0.4 is 10.1 Å². The van der Waals surface area contributed by atoms with Crippen LogP contribution >= 0.6 is 0 Å². The number of likely N-dealkylation sites (tertiary alicyclic amines) is 1. The summed E-state index contributed by atoms with van der Waals surface area (Å²) in [7, 11) is 1.44. The zero-order valence-electron chi connectivity index (χ0n) is 14.4. The second-order valence-electron chi connectivity index (χ2n) is 6.88. The van der Waals surface area contributed by atoms with E-state index in [-0.39, 0.29) is 36.0 Å². The second-order valence-corrected chi connectivity index (χ2v) is 6.88. The van der Waals surface area contributed by atoms with Gasteiger partial charge in [0, 0.05) is 25.1 Å². The van der Waals surface area contributed by atoms with Crippen molar-refractivity contribution in [1.29, 1.82) is 0 Å². The standard InChI is InChI=1S/C16H22F2N4O3/c1-8-4-5-22(15(24)10-7-16(10,17)18)9(2)13(8)19-14(23)11-6-12(25-3)21-20-11/h6,8-10,13H,4-5,7H2,1-3H3,(H,19,23)(H,20,21). The maximum atomic E-state index is 13.2. The number of hydrogen-bond donors (Lipinski definition) is 2. The van der Waals surface area contributed by atoms with Gasteiger partial charge in [0.25, 0.3) is 11.8 Å². The number of ether oxygens (including phenoxy) is 1. The van der Waals surface area contributed by atoms with E-state index in [0.29, 0.717) is 18.8 Å². The number of methoxy groups -OCH3 is 1. The van der Waals surface area contributed by atoms with Crippen LogP contribution in [0.1, 0.15) is 37.2 Å². The van der Waals surface area contributed by atoms with Gasteiger partial charge in [0.1, 0.15) is 11.6 Å². The van der Waals surface area contributed by atoms with Crippen molar-refractivity contribution >= 4 is 11.8 Å². The fourth-order valence-corrected chi connectivity index (χ4v) is 3.40. The first-order chi connectivity index (χ1) is 11.7. The monoisotopic (exact) mass is 356 g/mol. The quantitative estimate of drug-likeness (QED) is 0.854. The van der Waals surface area contributed by atoms with Crippen LogP contribution in [0.2, 0.25) is 0 Å². The van der Waals surface area contributed by atoms with Crippen molar-refractivity contribution < 1.29 is 23.1 Å². The SMILES string of the molecule is COc1cc(C(=O)NC2C(C)CCN(C(=O)C3CC3(F)F)C2C)[nH]n1. The molecule has 3 rings (SSSR count). The molecular formula is C16H22F2N4O3. The predicted molar refractivity (Wildman–Crippen MR) is 84.4 cm³/mol. The van der Waals surface area contributed by atoms with Crippen molar-refractivity contribution in [3.63, 3.8) is 0 Å². The minimum absolute atomic E-state index is 0.118. The third-order valence-electron chi connectivity index (χ3n) is 5.16. The highest BCUT2D eigenvalue weighted by Crippen LogP contribution is 2.50. The number of H-pyrrole nitrogens is 1. The summed E-state index contributed by atoms with van der Waals surface area (Å²) in [6.07, 6.45) is 0.265. The highest BCUT2D eigenvalue weighted by molar-refractivity contribution is 5.93. The average Bonchev–Trinajstić information content (AvgIpc) is 2.99. The maximum absolute atomic E-state index is 13.2. The van der Waals surface area contributed by atoms with Crippen molar-refractivity contribution in [1.82, 2.24) is 20.4 Å². The van der Waals surface area contributed by atoms with Crippen LogP contribution in [0.25, 0.3) is 0 Å². The Morgan fingerprint density at radius 3 is 2.68 bits per heavy atom. The molecule has 1 aromatic rings. The lowest BCUT2D eigenvalue weighted by atomic mass is 9.87. The minimum atomic E-state index is -2.88. The summed E-state index contributed by atoms with van der Waals surface area (Å²) in [5.41, 5.74) is 0.244. The maximum Gasteiger partial charge on any atom is 0.269 e. The van der Waals surface area contributed by atoms with E-state index in [1.165, 1.54) is 18.1 Å². The zero-order valence-corrected chi connectivity index (χ0v) is 14.4. The first-order valence-electron chi connectivity index (χ1n) is 8.33. The first kappa shape index (κ1) is 17.6. The average molecular weight is 356 g/mol. The van der Waals surface area contributed by atoms with Crippen molar-refractivity contribution in [2.45, 2.75) is 44.7 Å². The molecule has 4 atom stereocenters. The van der Waals surface area contributed by atoms with Crippen LogP contribution in [-0.2, 0) is 4.79 Å². The predicted octanol–water partition coefficient (Wildman–Crippen LogP) is 1.43. The van der Waals surface area contributed by atoms with Crippen LogP contribution in [0.3, 0.4) is 0 Å². The molecule has 0 radical (unpaired) electrons. The summed E-state index contributed by atoms with van der Waals surface area (Å²) in [6, 6.07) is 0.787. The molecule has 1 aliphatic carbocycles. The number of piperidine rings is 1. The number of hydrogen-bond acceptors (Lipinski definition) is 4. The van der Waals surface area contributed by atoms with Gasteiger partial charge in [-0.25, -0.2) is 8.78 Å². The Morgan fingerprint density at radius 2 is 2.12 bits per heavy atom. The molecule has 25 heavy (non-hydrogen) atoms. The van der Waals surface area contributed by atoms with E-state index in [2.05, 4.69) is 15.5 Å². The van der Waals surface area contributed by atoms with Gasteiger partial charge in [0.05, 0.1) is 13.2 Å². The Labute approximate surface area is 144 Å². The Kier molecular flexibility index (Phi) is 4.42. The lowest BCUT2D eigenvalue weighted by Gasteiger charge is -2.43. The highest BCUT2D eigenvalue weighted by atomic mass is 19.3. The molecule has 0 aromatic carbocycles. The molecule has 2 amide bonds. The lowest BCUT2D eigenvalue weighted by Crippen LogP contribution is -2.59. The van der Waals surface area contributed by atoms with Crippen molar-refractivity contribution in [3.05, 3.63) is 11.8 Å². The van der Waals surface area contributed by atoms with Crippen LogP contribution in [0.15, 0.2) is 6.07 Å². The number of carbonyl (C=O) groups excluding carboxylic acids is 2. The van der Waals surface area contributed by atoms with Crippen molar-refractivity contribution in [3.8, 4) is 5.88 Å². The number of carbonyl (C=O) groups is 2. The molecular weight excluding hydrogens is 334 g/mol. The van der Waals surface area contributed by atoms with E-state index in [1.54, 1.807) is 6.92 Å². The van der Waals surface area contributed by atoms with Gasteiger partial charge < -0.3 is 15.0 Å². The number of aromatic amines is 1. The van der Waals surface area contributed by atoms with Gasteiger partial charge >= 0.3 is 0 Å². The number of alkyl halides is 2. The molecule has 1 aliphatic heterocycles. The number of amides is 2. The summed E-state index contributed by atoms with van der Waals surface area (Å²) in [4.78, 5) is 26.2. The molecule has 7 nitrogen and oxygen atoms in total. The molecule has 0 spiro atoms. The molecule has 4 unspecified atom stereocenters. The fourth-order valence-electron chi connectivity index (χ4n) is 3.40. The van der Waals surface area contributed by atoms with Gasteiger partial charge in [-0.05, 0) is 19.3 Å². The van der Waals surface area contributed by atoms with Crippen LogP contribution in [0, 0.1) is 11.8 Å². The topological polar surface area (TPSA) is 87.3 Å². The highest BCUT2D eigenvalue weighted by Gasteiger charge is 2.62. The number of halogens is 2. The Bertz CT molecular complexity index is 678. The molecule has 2 heterocycles. The minimum Gasteiger partial charge on any atom is -0.480 e. The smallest absolute Gasteiger partial charge is 0.269 e. The van der Waals surface area contributed by atoms with Crippen LogP contribution in [0.5, 0.6) is 5.88 Å². The molecule has 0 bridgehead atoms. The van der Waals surface area contributed by atoms with E-state index in [9.17, 15) is 18.4 Å². The fraction of sp³-hybridized carbons (Fsp3) is 0.688. The van der Waals surface area contributed by atoms with E-state index in [0.717, 1.165) is 0 Å². The van der Waals surface area contributed by atoms with Crippen molar-refractivity contribution in [2.75, 3.05) is 13.7 Å². The largest absolute Gasteiger partial charge is 0.480 e. The first-order valence-corrected chi connectivity index (χ1v) is 8.33. The molecule has 1 saturated carbocycles. The third kappa shape index (κ3) is 3.32. The van der Waals surface area contributed by atoms with Crippen LogP contribution in [0.4, 0.5) is 8.78 Å². The van der Waals surface area contributed by atoms with E-state index < -0.39 is 17.7 Å². The molecule has 9 heteroatoms. The van der Waals surface area contributed by atoms with Gasteiger partial charge in [0.15, 0.2) is 0 Å². The Morgan fingerprint density at radius 1 is 1.44 bits per heavy atom. The Balaban J connectivity index is 1.69. The number of nitrogens with zero attached hydrogens (tertiary/aromatic N) is 2. The molecule has 1 aromatic heterocycles. The zero-order chi connectivity index (χ0) is 18.4. The van der Waals surface area contributed by atoms with E-state index in [1.807, 2.05) is 6.92 Å². The summed E-state index contributed by atoms with van der Waals surface area (Å²) in [6.45, 7) is 4.19. The van der Waals surface area contributed by atoms with Gasteiger partial charge in [-0.15, -0.1) is 5.10 Å². The summed E-state index contributed by atoms with van der Waals surface area (Å²) < 4.78 is 31.4. The van der Waals surface area contributed by atoms with E-state index >= 15 is 0 Å². The summed E-state index contributed by atoms with van der Waals surface area (Å²) in [5, 5.41) is 9.29. The second kappa shape index (κ2) is 6.27. The number of nitrogens with one attached hydrogen (secondary N) is 2. The normalized spacial score (nSPS) is 30.7. The molecule has 2 N–H and O–H groups in total. The summed E-state index contributed by atoms with van der Waals surface area (Å²) >= 11 is 0. The van der Waals surface area contributed by atoms with Crippen molar-refractivity contribution in [2.24, 2.45) is 11.8 Å². The Hall–Kier alpha value is -2.19. The van der Waals surface area contributed by atoms with Gasteiger partial charge in [-0.2, -0.15) is 0 Å². The van der Waals surface area contributed by atoms with Gasteiger partial charge in [-0.1, -0.05) is 6.92 Å². The summed E-state index contributed by atoms with van der Waals surface area (Å²) in [5.74, 6) is -4.57. The van der Waals surface area contributed by atoms with Gasteiger partial charge in [-0.3, -0.25) is 14.7 Å². The number of aromatic nitrogens is 2. The number of rotatable bonds is 4. The molecule has 2 aliphatic rings. The molecule has 138 valence electrons. The van der Waals surface area contributed by atoms with E-state index in [4.69, 9.17) is 4.74 Å². The lowest BCUT2D eigenvalue weighted by molar-refractivity contribution is -0.139. The molecule has 2 fully saturated rings. The van der Waals surface area contributed by atoms with Crippen LogP contribution in [-0.4, -0.2) is 58.6 Å². The molecule has 1 saturated heterocycles.